The summed E-state index contributed by atoms with van der Waals surface area (Å²) in [4.78, 5) is 5.10. The Kier molecular flexibility index (Phi) is 6.98. The predicted octanol–water partition coefficient (Wildman–Crippen LogP) is -1.20. The number of aryl methyl sites for hydroxylation is 1. The lowest BCUT2D eigenvalue weighted by molar-refractivity contribution is -0.869. The van der Waals surface area contributed by atoms with Crippen LogP contribution in [-0.4, -0.2) is 69.8 Å². The number of hydrogen-bond acceptors (Lipinski definition) is 3. The number of hydrogen-bond donors (Lipinski definition) is 1. The standard InChI is InChI=1S/C17H31N4.ClH/c1-15-14-16(6-7-17(15)18)20-9-5-8-19(10-11-20)12-13-21(2,3)4;/h6-7,14H,5,8-13,18H2,1-4H3;1H/q+1;/p-1. The van der Waals surface area contributed by atoms with Crippen LogP contribution in [0.5, 0.6) is 0 Å². The van der Waals surface area contributed by atoms with Gasteiger partial charge in [0.2, 0.25) is 0 Å². The van der Waals surface area contributed by atoms with Crippen LogP contribution in [0.2, 0.25) is 0 Å². The summed E-state index contributed by atoms with van der Waals surface area (Å²) in [6.07, 6.45) is 1.24. The van der Waals surface area contributed by atoms with Crippen LogP contribution in [0.15, 0.2) is 18.2 Å². The molecule has 1 aliphatic heterocycles. The summed E-state index contributed by atoms with van der Waals surface area (Å²) in [7, 11) is 6.80. The van der Waals surface area contributed by atoms with Crippen LogP contribution < -0.4 is 23.0 Å². The maximum atomic E-state index is 5.92. The van der Waals surface area contributed by atoms with E-state index in [-0.39, 0.29) is 12.4 Å². The highest BCUT2D eigenvalue weighted by atomic mass is 35.5. The Hall–Kier alpha value is -0.970. The number of likely N-dealkylation sites (N-methyl/N-ethyl adjacent to an activating group) is 1. The minimum atomic E-state index is 0. The van der Waals surface area contributed by atoms with Gasteiger partial charge in [-0.25, -0.2) is 0 Å². The molecular weight excluding hydrogens is 296 g/mol. The van der Waals surface area contributed by atoms with Crippen molar-refractivity contribution >= 4 is 11.4 Å². The lowest BCUT2D eigenvalue weighted by Crippen LogP contribution is -3.00. The van der Waals surface area contributed by atoms with E-state index in [2.05, 4.69) is 50.0 Å². The first-order valence-corrected chi connectivity index (χ1v) is 7.99. The van der Waals surface area contributed by atoms with Gasteiger partial charge in [0.15, 0.2) is 0 Å². The summed E-state index contributed by atoms with van der Waals surface area (Å²) < 4.78 is 1.04. The molecule has 0 spiro atoms. The Morgan fingerprint density at radius 2 is 1.82 bits per heavy atom. The van der Waals surface area contributed by atoms with E-state index in [9.17, 15) is 0 Å². The van der Waals surface area contributed by atoms with Gasteiger partial charge in [0.25, 0.3) is 0 Å². The Morgan fingerprint density at radius 3 is 2.45 bits per heavy atom. The van der Waals surface area contributed by atoms with Crippen molar-refractivity contribution in [3.8, 4) is 0 Å². The molecule has 0 aromatic heterocycles. The Bertz CT molecular complexity index is 470. The number of rotatable bonds is 4. The number of nitrogen functional groups attached to an aromatic ring is 1. The van der Waals surface area contributed by atoms with E-state index in [1.54, 1.807) is 0 Å². The molecule has 0 saturated carbocycles. The second kappa shape index (κ2) is 8.04. The van der Waals surface area contributed by atoms with Crippen molar-refractivity contribution < 1.29 is 16.9 Å². The minimum Gasteiger partial charge on any atom is -1.00 e. The zero-order chi connectivity index (χ0) is 15.5. The first-order valence-electron chi connectivity index (χ1n) is 7.99. The van der Waals surface area contributed by atoms with Crippen molar-refractivity contribution in [2.45, 2.75) is 13.3 Å². The summed E-state index contributed by atoms with van der Waals surface area (Å²) in [5, 5.41) is 0. The van der Waals surface area contributed by atoms with Crippen molar-refractivity contribution in [3.63, 3.8) is 0 Å². The molecule has 1 aliphatic rings. The number of benzene rings is 1. The Balaban J connectivity index is 0.00000242. The third-order valence-electron chi connectivity index (χ3n) is 4.29. The maximum absolute atomic E-state index is 5.92. The molecular formula is C17H31ClN4. The zero-order valence-electron chi connectivity index (χ0n) is 14.5. The summed E-state index contributed by atoms with van der Waals surface area (Å²) in [6, 6.07) is 6.41. The summed E-state index contributed by atoms with van der Waals surface area (Å²) in [6.45, 7) is 9.11. The predicted molar refractivity (Wildman–Crippen MR) is 91.8 cm³/mol. The van der Waals surface area contributed by atoms with Crippen molar-refractivity contribution in [2.75, 3.05) is 71.0 Å². The number of nitrogens with zero attached hydrogens (tertiary/aromatic N) is 3. The van der Waals surface area contributed by atoms with Gasteiger partial charge in [0.1, 0.15) is 0 Å². The molecule has 1 fully saturated rings. The lowest BCUT2D eigenvalue weighted by Gasteiger charge is -2.28. The molecule has 1 heterocycles. The van der Waals surface area contributed by atoms with Gasteiger partial charge >= 0.3 is 0 Å². The molecule has 1 aromatic carbocycles. The molecule has 0 aliphatic carbocycles. The lowest BCUT2D eigenvalue weighted by atomic mass is 10.1. The topological polar surface area (TPSA) is 32.5 Å². The van der Waals surface area contributed by atoms with E-state index in [4.69, 9.17) is 5.73 Å². The monoisotopic (exact) mass is 326 g/mol. The van der Waals surface area contributed by atoms with Gasteiger partial charge in [-0.15, -0.1) is 0 Å². The zero-order valence-corrected chi connectivity index (χ0v) is 15.2. The van der Waals surface area contributed by atoms with E-state index < -0.39 is 0 Å². The summed E-state index contributed by atoms with van der Waals surface area (Å²) in [5.41, 5.74) is 9.30. The normalized spacial score (nSPS) is 17.0. The number of anilines is 2. The van der Waals surface area contributed by atoms with E-state index in [0.29, 0.717) is 0 Å². The van der Waals surface area contributed by atoms with Crippen LogP contribution in [-0.2, 0) is 0 Å². The Morgan fingerprint density at radius 1 is 1.09 bits per heavy atom. The van der Waals surface area contributed by atoms with E-state index in [1.807, 2.05) is 6.07 Å². The molecule has 0 radical (unpaired) electrons. The molecule has 0 atom stereocenters. The van der Waals surface area contributed by atoms with Crippen LogP contribution >= 0.6 is 0 Å². The Labute approximate surface area is 141 Å². The van der Waals surface area contributed by atoms with Gasteiger partial charge in [0, 0.05) is 44.1 Å². The minimum absolute atomic E-state index is 0. The number of halogens is 1. The second-order valence-electron chi connectivity index (χ2n) is 7.24. The van der Waals surface area contributed by atoms with E-state index >= 15 is 0 Å². The molecule has 0 unspecified atom stereocenters. The highest BCUT2D eigenvalue weighted by Crippen LogP contribution is 2.21. The van der Waals surface area contributed by atoms with Crippen LogP contribution in [0.25, 0.3) is 0 Å². The van der Waals surface area contributed by atoms with E-state index in [1.165, 1.54) is 37.3 Å². The van der Waals surface area contributed by atoms with Gasteiger partial charge < -0.3 is 27.5 Å². The van der Waals surface area contributed by atoms with Crippen LogP contribution in [0, 0.1) is 6.92 Å². The summed E-state index contributed by atoms with van der Waals surface area (Å²) in [5.74, 6) is 0. The molecule has 0 amide bonds. The summed E-state index contributed by atoms with van der Waals surface area (Å²) >= 11 is 0. The van der Waals surface area contributed by atoms with Gasteiger partial charge in [-0.05, 0) is 37.1 Å². The number of nitrogens with two attached hydrogens (primary N) is 1. The maximum Gasteiger partial charge on any atom is 0.0909 e. The smallest absolute Gasteiger partial charge is 0.0909 e. The van der Waals surface area contributed by atoms with Gasteiger partial charge in [-0.2, -0.15) is 0 Å². The average molecular weight is 327 g/mol. The second-order valence-corrected chi connectivity index (χ2v) is 7.24. The fourth-order valence-electron chi connectivity index (χ4n) is 2.75. The highest BCUT2D eigenvalue weighted by Gasteiger charge is 2.17. The van der Waals surface area contributed by atoms with Crippen molar-refractivity contribution in [1.82, 2.24) is 4.90 Å². The quantitative estimate of drug-likeness (QED) is 0.557. The third-order valence-corrected chi connectivity index (χ3v) is 4.29. The SMILES string of the molecule is Cc1cc(N2CCCN(CC[N+](C)(C)C)CC2)ccc1N.[Cl-]. The third kappa shape index (κ3) is 5.67. The van der Waals surface area contributed by atoms with Crippen molar-refractivity contribution in [3.05, 3.63) is 23.8 Å². The van der Waals surface area contributed by atoms with E-state index in [0.717, 1.165) is 29.8 Å². The fourth-order valence-corrected chi connectivity index (χ4v) is 2.75. The molecule has 2 rings (SSSR count). The average Bonchev–Trinajstić information content (AvgIpc) is 2.64. The molecule has 4 nitrogen and oxygen atoms in total. The first kappa shape index (κ1) is 19.1. The van der Waals surface area contributed by atoms with Gasteiger partial charge in [0.05, 0.1) is 27.7 Å². The molecule has 126 valence electrons. The number of quaternary nitrogens is 1. The van der Waals surface area contributed by atoms with Gasteiger partial charge in [-0.1, -0.05) is 0 Å². The van der Waals surface area contributed by atoms with Crippen molar-refractivity contribution in [2.24, 2.45) is 0 Å². The molecule has 22 heavy (non-hydrogen) atoms. The largest absolute Gasteiger partial charge is 1.00 e. The van der Waals surface area contributed by atoms with Gasteiger partial charge in [-0.3, -0.25) is 4.90 Å². The first-order chi connectivity index (χ1) is 9.85. The van der Waals surface area contributed by atoms with Crippen LogP contribution in [0.3, 0.4) is 0 Å². The molecule has 1 saturated heterocycles. The molecule has 1 aromatic rings. The van der Waals surface area contributed by atoms with Crippen molar-refractivity contribution in [1.29, 1.82) is 0 Å². The van der Waals surface area contributed by atoms with Crippen LogP contribution in [0.1, 0.15) is 12.0 Å². The highest BCUT2D eigenvalue weighted by molar-refractivity contribution is 5.58. The fraction of sp³-hybridized carbons (Fsp3) is 0.647. The molecule has 0 bridgehead atoms. The van der Waals surface area contributed by atoms with Crippen LogP contribution in [0.4, 0.5) is 11.4 Å². The molecule has 2 N–H and O–H groups in total. The molecule has 5 heteroatoms.